The van der Waals surface area contributed by atoms with Crippen molar-refractivity contribution in [3.8, 4) is 0 Å². The Labute approximate surface area is 102 Å². The lowest BCUT2D eigenvalue weighted by Gasteiger charge is -2.15. The van der Waals surface area contributed by atoms with Crippen molar-refractivity contribution in [2.75, 3.05) is 17.6 Å². The largest absolute Gasteiger partial charge is 0.382 e. The van der Waals surface area contributed by atoms with Crippen LogP contribution in [0.4, 0.5) is 10.1 Å². The van der Waals surface area contributed by atoms with Crippen LogP contribution < -0.4 is 5.32 Å². The number of thioether (sulfide) groups is 1. The fourth-order valence-electron chi connectivity index (χ4n) is 1.23. The minimum Gasteiger partial charge on any atom is -0.382 e. The van der Waals surface area contributed by atoms with Gasteiger partial charge in [0, 0.05) is 17.5 Å². The van der Waals surface area contributed by atoms with Crippen molar-refractivity contribution in [3.05, 3.63) is 30.1 Å². The molecule has 0 fully saturated rings. The molecule has 16 heavy (non-hydrogen) atoms. The van der Waals surface area contributed by atoms with Crippen LogP contribution in [-0.4, -0.2) is 17.5 Å². The van der Waals surface area contributed by atoms with Crippen LogP contribution in [0.25, 0.3) is 0 Å². The number of nitrogens with one attached hydrogen (secondary N) is 1. The highest BCUT2D eigenvalue weighted by Crippen LogP contribution is 2.18. The fourth-order valence-corrected chi connectivity index (χ4v) is 2.20. The Morgan fingerprint density at radius 2 is 1.94 bits per heavy atom. The molecule has 0 aromatic heterocycles. The van der Waals surface area contributed by atoms with Crippen LogP contribution >= 0.6 is 11.8 Å². The summed E-state index contributed by atoms with van der Waals surface area (Å²) in [7, 11) is 0. The van der Waals surface area contributed by atoms with Crippen LogP contribution in [0.15, 0.2) is 24.3 Å². The SMILES string of the molecule is CC(C)C(C)SCCNc1ccccc1F. The molecule has 0 spiro atoms. The highest BCUT2D eigenvalue weighted by Gasteiger charge is 2.06. The summed E-state index contributed by atoms with van der Waals surface area (Å²) in [5.74, 6) is 1.52. The van der Waals surface area contributed by atoms with E-state index in [2.05, 4.69) is 26.1 Å². The molecular formula is C13H20FNS. The summed E-state index contributed by atoms with van der Waals surface area (Å²) in [4.78, 5) is 0. The minimum atomic E-state index is -0.176. The first-order chi connectivity index (χ1) is 7.61. The van der Waals surface area contributed by atoms with Crippen molar-refractivity contribution in [1.29, 1.82) is 0 Å². The van der Waals surface area contributed by atoms with Crippen LogP contribution in [0.3, 0.4) is 0 Å². The van der Waals surface area contributed by atoms with Crippen LogP contribution in [0.1, 0.15) is 20.8 Å². The third-order valence-corrected chi connectivity index (χ3v) is 4.12. The average Bonchev–Trinajstić information content (AvgIpc) is 2.26. The molecule has 1 atom stereocenters. The molecule has 1 N–H and O–H groups in total. The van der Waals surface area contributed by atoms with Gasteiger partial charge >= 0.3 is 0 Å². The maximum Gasteiger partial charge on any atom is 0.146 e. The van der Waals surface area contributed by atoms with E-state index in [0.717, 1.165) is 12.3 Å². The second-order valence-electron chi connectivity index (χ2n) is 4.23. The fraction of sp³-hybridized carbons (Fsp3) is 0.538. The predicted molar refractivity (Wildman–Crippen MR) is 71.6 cm³/mol. The summed E-state index contributed by atoms with van der Waals surface area (Å²) in [6.45, 7) is 7.49. The van der Waals surface area contributed by atoms with Gasteiger partial charge in [0.1, 0.15) is 5.82 Å². The van der Waals surface area contributed by atoms with Crippen LogP contribution in [0.5, 0.6) is 0 Å². The molecule has 0 saturated carbocycles. The van der Waals surface area contributed by atoms with E-state index in [4.69, 9.17) is 0 Å². The van der Waals surface area contributed by atoms with Gasteiger partial charge in [-0.2, -0.15) is 11.8 Å². The number of hydrogen-bond acceptors (Lipinski definition) is 2. The third-order valence-electron chi connectivity index (χ3n) is 2.61. The number of halogens is 1. The Kier molecular flexibility index (Phi) is 5.67. The average molecular weight is 241 g/mol. The van der Waals surface area contributed by atoms with Crippen LogP contribution in [0, 0.1) is 11.7 Å². The van der Waals surface area contributed by atoms with E-state index in [-0.39, 0.29) is 5.82 Å². The van der Waals surface area contributed by atoms with Gasteiger partial charge in [-0.1, -0.05) is 32.9 Å². The molecule has 0 radical (unpaired) electrons. The van der Waals surface area contributed by atoms with Crippen molar-refractivity contribution < 1.29 is 4.39 Å². The summed E-state index contributed by atoms with van der Waals surface area (Å²) in [5.41, 5.74) is 0.598. The van der Waals surface area contributed by atoms with Crippen molar-refractivity contribution in [2.24, 2.45) is 5.92 Å². The van der Waals surface area contributed by atoms with E-state index in [1.54, 1.807) is 12.1 Å². The topological polar surface area (TPSA) is 12.0 Å². The molecule has 0 amide bonds. The highest BCUT2D eigenvalue weighted by molar-refractivity contribution is 7.99. The number of hydrogen-bond donors (Lipinski definition) is 1. The molecule has 1 nitrogen and oxygen atoms in total. The Hall–Kier alpha value is -0.700. The van der Waals surface area contributed by atoms with E-state index in [0.29, 0.717) is 16.9 Å². The van der Waals surface area contributed by atoms with Gasteiger partial charge in [0.05, 0.1) is 5.69 Å². The molecule has 1 unspecified atom stereocenters. The molecule has 1 aromatic rings. The Morgan fingerprint density at radius 1 is 1.25 bits per heavy atom. The Morgan fingerprint density at radius 3 is 2.56 bits per heavy atom. The third kappa shape index (κ3) is 4.44. The lowest BCUT2D eigenvalue weighted by atomic mass is 10.2. The Bertz CT molecular complexity index is 315. The molecule has 0 aliphatic rings. The zero-order valence-electron chi connectivity index (χ0n) is 10.2. The molecular weight excluding hydrogens is 221 g/mol. The summed E-state index contributed by atoms with van der Waals surface area (Å²) in [5, 5.41) is 3.77. The zero-order valence-corrected chi connectivity index (χ0v) is 11.0. The van der Waals surface area contributed by atoms with Gasteiger partial charge in [0.2, 0.25) is 0 Å². The molecule has 1 aromatic carbocycles. The summed E-state index contributed by atoms with van der Waals surface area (Å²) < 4.78 is 13.2. The molecule has 90 valence electrons. The number of anilines is 1. The molecule has 3 heteroatoms. The quantitative estimate of drug-likeness (QED) is 0.755. The molecule has 0 aliphatic heterocycles. The minimum absolute atomic E-state index is 0.176. The standard InChI is InChI=1S/C13H20FNS/c1-10(2)11(3)16-9-8-15-13-7-5-4-6-12(13)14/h4-7,10-11,15H,8-9H2,1-3H3. The normalized spacial score (nSPS) is 12.8. The van der Waals surface area contributed by atoms with E-state index in [1.165, 1.54) is 6.07 Å². The van der Waals surface area contributed by atoms with E-state index in [9.17, 15) is 4.39 Å². The maximum atomic E-state index is 13.2. The molecule has 0 aliphatic carbocycles. The summed E-state index contributed by atoms with van der Waals surface area (Å²) >= 11 is 1.92. The van der Waals surface area contributed by atoms with Gasteiger partial charge in [-0.25, -0.2) is 4.39 Å². The molecule has 0 heterocycles. The second kappa shape index (κ2) is 6.79. The second-order valence-corrected chi connectivity index (χ2v) is 5.71. The van der Waals surface area contributed by atoms with Gasteiger partial charge < -0.3 is 5.32 Å². The van der Waals surface area contributed by atoms with Gasteiger partial charge in [-0.3, -0.25) is 0 Å². The van der Waals surface area contributed by atoms with Gasteiger partial charge in [0.25, 0.3) is 0 Å². The van der Waals surface area contributed by atoms with Crippen molar-refractivity contribution in [3.63, 3.8) is 0 Å². The maximum absolute atomic E-state index is 13.2. The van der Waals surface area contributed by atoms with Gasteiger partial charge in [0.15, 0.2) is 0 Å². The van der Waals surface area contributed by atoms with E-state index < -0.39 is 0 Å². The summed E-state index contributed by atoms with van der Waals surface area (Å²) in [6, 6.07) is 6.80. The lowest BCUT2D eigenvalue weighted by molar-refractivity contribution is 0.630. The van der Waals surface area contributed by atoms with Crippen LogP contribution in [-0.2, 0) is 0 Å². The number of benzene rings is 1. The van der Waals surface area contributed by atoms with E-state index >= 15 is 0 Å². The highest BCUT2D eigenvalue weighted by atomic mass is 32.2. The molecule has 0 bridgehead atoms. The number of rotatable bonds is 6. The first-order valence-corrected chi connectivity index (χ1v) is 6.76. The van der Waals surface area contributed by atoms with Crippen molar-refractivity contribution in [2.45, 2.75) is 26.0 Å². The van der Waals surface area contributed by atoms with Crippen molar-refractivity contribution >= 4 is 17.4 Å². The summed E-state index contributed by atoms with van der Waals surface area (Å²) in [6.07, 6.45) is 0. The monoisotopic (exact) mass is 241 g/mol. The van der Waals surface area contributed by atoms with Crippen LogP contribution in [0.2, 0.25) is 0 Å². The first-order valence-electron chi connectivity index (χ1n) is 5.71. The molecule has 1 rings (SSSR count). The number of para-hydroxylation sites is 1. The molecule has 0 saturated heterocycles. The van der Waals surface area contributed by atoms with Crippen molar-refractivity contribution in [1.82, 2.24) is 0 Å². The Balaban J connectivity index is 2.24. The first kappa shape index (κ1) is 13.4. The van der Waals surface area contributed by atoms with Gasteiger partial charge in [-0.15, -0.1) is 0 Å². The predicted octanol–water partition coefficient (Wildman–Crippen LogP) is 4.02. The van der Waals surface area contributed by atoms with Gasteiger partial charge in [-0.05, 0) is 18.1 Å². The zero-order chi connectivity index (χ0) is 12.0. The smallest absolute Gasteiger partial charge is 0.146 e. The lowest BCUT2D eigenvalue weighted by Crippen LogP contribution is -2.11. The van der Waals surface area contributed by atoms with E-state index in [1.807, 2.05) is 17.8 Å².